The zero-order chi connectivity index (χ0) is 15.6. The molecule has 116 valence electrons. The maximum Gasteiger partial charge on any atom is 0.317 e. The van der Waals surface area contributed by atoms with Crippen molar-refractivity contribution in [3.05, 3.63) is 17.5 Å². The summed E-state index contributed by atoms with van der Waals surface area (Å²) in [5.41, 5.74) is 1.45. The Bertz CT molecular complexity index is 502. The van der Waals surface area contributed by atoms with Crippen LogP contribution in [0.5, 0.6) is 6.01 Å². The van der Waals surface area contributed by atoms with Crippen molar-refractivity contribution in [3.63, 3.8) is 0 Å². The number of nitrogens with zero attached hydrogens (tertiary/aromatic N) is 3. The topological polar surface area (TPSA) is 55.3 Å². The average Bonchev–Trinajstić information content (AvgIpc) is 2.35. The number of amides is 1. The van der Waals surface area contributed by atoms with E-state index in [4.69, 9.17) is 4.74 Å². The van der Waals surface area contributed by atoms with E-state index in [1.54, 1.807) is 0 Å². The summed E-state index contributed by atoms with van der Waals surface area (Å²) in [5.74, 6) is 0.178. The number of likely N-dealkylation sites (tertiary alicyclic amines) is 1. The third kappa shape index (κ3) is 4.16. The number of aromatic nitrogens is 2. The van der Waals surface area contributed by atoms with Gasteiger partial charge in [0.2, 0.25) is 5.91 Å². The van der Waals surface area contributed by atoms with Gasteiger partial charge in [-0.15, -0.1) is 0 Å². The zero-order valence-corrected chi connectivity index (χ0v) is 13.6. The first kappa shape index (κ1) is 15.7. The van der Waals surface area contributed by atoms with Gasteiger partial charge < -0.3 is 9.64 Å². The lowest BCUT2D eigenvalue weighted by atomic mass is 9.93. The molecule has 1 aromatic rings. The van der Waals surface area contributed by atoms with E-state index in [1.807, 2.05) is 45.6 Å². The monoisotopic (exact) mass is 291 g/mol. The molecular weight excluding hydrogens is 266 g/mol. The van der Waals surface area contributed by atoms with Crippen LogP contribution in [0, 0.1) is 19.3 Å². The number of piperidine rings is 1. The second-order valence-electron chi connectivity index (χ2n) is 6.82. The van der Waals surface area contributed by atoms with Crippen molar-refractivity contribution in [3.8, 4) is 6.01 Å². The largest absolute Gasteiger partial charge is 0.458 e. The van der Waals surface area contributed by atoms with Crippen LogP contribution in [-0.4, -0.2) is 40.0 Å². The number of hydrogen-bond acceptors (Lipinski definition) is 4. The van der Waals surface area contributed by atoms with Gasteiger partial charge in [0.1, 0.15) is 6.10 Å². The fraction of sp³-hybridized carbons (Fsp3) is 0.688. The van der Waals surface area contributed by atoms with E-state index in [0.29, 0.717) is 12.6 Å². The van der Waals surface area contributed by atoms with Crippen LogP contribution in [0.3, 0.4) is 0 Å². The predicted molar refractivity (Wildman–Crippen MR) is 81.2 cm³/mol. The molecular formula is C16H25N3O2. The normalized spacial score (nSPS) is 19.5. The lowest BCUT2D eigenvalue weighted by Gasteiger charge is -2.36. The lowest BCUT2D eigenvalue weighted by Crippen LogP contribution is -2.48. The minimum absolute atomic E-state index is 0.0220. The third-order valence-corrected chi connectivity index (χ3v) is 3.54. The van der Waals surface area contributed by atoms with Crippen LogP contribution in [0.25, 0.3) is 0 Å². The Hall–Kier alpha value is -1.65. The highest BCUT2D eigenvalue weighted by atomic mass is 16.5. The molecule has 1 aliphatic heterocycles. The number of carbonyl (C=O) groups is 1. The summed E-state index contributed by atoms with van der Waals surface area (Å²) in [4.78, 5) is 22.9. The minimum Gasteiger partial charge on any atom is -0.458 e. The fourth-order valence-electron chi connectivity index (χ4n) is 2.59. The molecule has 0 radical (unpaired) electrons. The van der Waals surface area contributed by atoms with Crippen molar-refractivity contribution in [1.29, 1.82) is 0 Å². The summed E-state index contributed by atoms with van der Waals surface area (Å²) in [5, 5.41) is 0. The first-order valence-corrected chi connectivity index (χ1v) is 7.54. The van der Waals surface area contributed by atoms with Gasteiger partial charge in [0, 0.05) is 23.3 Å². The second kappa shape index (κ2) is 6.00. The Balaban J connectivity index is 2.03. The standard InChI is InChI=1S/C16H25N3O2/c1-11-9-12(2)18-15(17-11)21-13-7-6-8-19(10-13)14(20)16(3,4)5/h9,13H,6-8,10H2,1-5H3/t13-/m1/s1. The maximum absolute atomic E-state index is 12.4. The van der Waals surface area contributed by atoms with Gasteiger partial charge in [-0.05, 0) is 32.8 Å². The Labute approximate surface area is 126 Å². The van der Waals surface area contributed by atoms with Crippen molar-refractivity contribution >= 4 is 5.91 Å². The summed E-state index contributed by atoms with van der Waals surface area (Å²) >= 11 is 0. The molecule has 0 N–H and O–H groups in total. The van der Waals surface area contributed by atoms with Gasteiger partial charge in [0.05, 0.1) is 6.54 Å². The fourth-order valence-corrected chi connectivity index (χ4v) is 2.59. The average molecular weight is 291 g/mol. The highest BCUT2D eigenvalue weighted by molar-refractivity contribution is 5.81. The minimum atomic E-state index is -0.349. The molecule has 1 fully saturated rings. The highest BCUT2D eigenvalue weighted by Crippen LogP contribution is 2.22. The van der Waals surface area contributed by atoms with Gasteiger partial charge in [-0.1, -0.05) is 20.8 Å². The van der Waals surface area contributed by atoms with Crippen molar-refractivity contribution in [2.24, 2.45) is 5.41 Å². The van der Waals surface area contributed by atoms with Crippen LogP contribution < -0.4 is 4.74 Å². The molecule has 5 nitrogen and oxygen atoms in total. The second-order valence-corrected chi connectivity index (χ2v) is 6.82. The number of ether oxygens (including phenoxy) is 1. The quantitative estimate of drug-likeness (QED) is 0.840. The van der Waals surface area contributed by atoms with E-state index >= 15 is 0 Å². The molecule has 21 heavy (non-hydrogen) atoms. The summed E-state index contributed by atoms with van der Waals surface area (Å²) in [6.07, 6.45) is 1.87. The Morgan fingerprint density at radius 2 is 1.90 bits per heavy atom. The smallest absolute Gasteiger partial charge is 0.317 e. The summed E-state index contributed by atoms with van der Waals surface area (Å²) in [6, 6.07) is 2.34. The van der Waals surface area contributed by atoms with Crippen molar-refractivity contribution in [2.45, 2.75) is 53.6 Å². The highest BCUT2D eigenvalue weighted by Gasteiger charge is 2.31. The molecule has 1 amide bonds. The van der Waals surface area contributed by atoms with E-state index in [2.05, 4.69) is 9.97 Å². The van der Waals surface area contributed by atoms with Crippen molar-refractivity contribution in [1.82, 2.24) is 14.9 Å². The van der Waals surface area contributed by atoms with Gasteiger partial charge in [0.15, 0.2) is 0 Å². The van der Waals surface area contributed by atoms with Gasteiger partial charge in [-0.3, -0.25) is 4.79 Å². The Morgan fingerprint density at radius 1 is 1.29 bits per heavy atom. The molecule has 0 spiro atoms. The predicted octanol–water partition coefficient (Wildman–Crippen LogP) is 2.51. The van der Waals surface area contributed by atoms with Gasteiger partial charge in [-0.25, -0.2) is 9.97 Å². The van der Waals surface area contributed by atoms with Crippen molar-refractivity contribution < 1.29 is 9.53 Å². The van der Waals surface area contributed by atoms with Crippen LogP contribution in [0.15, 0.2) is 6.07 Å². The van der Waals surface area contributed by atoms with Crippen molar-refractivity contribution in [2.75, 3.05) is 13.1 Å². The van der Waals surface area contributed by atoms with Crippen LogP contribution in [0.2, 0.25) is 0 Å². The molecule has 0 aliphatic carbocycles. The molecule has 2 heterocycles. The SMILES string of the molecule is Cc1cc(C)nc(O[C@@H]2CCCN(C(=O)C(C)(C)C)C2)n1. The summed E-state index contributed by atoms with van der Waals surface area (Å²) < 4.78 is 5.89. The molecule has 2 rings (SSSR count). The first-order valence-electron chi connectivity index (χ1n) is 7.54. The van der Waals surface area contributed by atoms with Crippen LogP contribution in [0.4, 0.5) is 0 Å². The molecule has 0 unspecified atom stereocenters. The number of carbonyl (C=O) groups excluding carboxylic acids is 1. The Kier molecular flexibility index (Phi) is 4.49. The van der Waals surface area contributed by atoms with Crippen LogP contribution >= 0.6 is 0 Å². The van der Waals surface area contributed by atoms with E-state index in [1.165, 1.54) is 0 Å². The van der Waals surface area contributed by atoms with Gasteiger partial charge >= 0.3 is 6.01 Å². The van der Waals surface area contributed by atoms with Gasteiger partial charge in [-0.2, -0.15) is 0 Å². The molecule has 0 bridgehead atoms. The molecule has 1 saturated heterocycles. The molecule has 0 aromatic carbocycles. The number of aryl methyl sites for hydroxylation is 2. The van der Waals surface area contributed by atoms with E-state index in [0.717, 1.165) is 30.8 Å². The molecule has 5 heteroatoms. The molecule has 0 saturated carbocycles. The van der Waals surface area contributed by atoms with Gasteiger partial charge in [0.25, 0.3) is 0 Å². The van der Waals surface area contributed by atoms with Crippen LogP contribution in [0.1, 0.15) is 45.0 Å². The third-order valence-electron chi connectivity index (χ3n) is 3.54. The lowest BCUT2D eigenvalue weighted by molar-refractivity contribution is -0.142. The molecule has 1 aliphatic rings. The summed E-state index contributed by atoms with van der Waals surface area (Å²) in [6.45, 7) is 11.1. The van der Waals surface area contributed by atoms with E-state index in [9.17, 15) is 4.79 Å². The maximum atomic E-state index is 12.4. The molecule has 1 aromatic heterocycles. The zero-order valence-electron chi connectivity index (χ0n) is 13.6. The first-order chi connectivity index (χ1) is 9.75. The Morgan fingerprint density at radius 3 is 2.48 bits per heavy atom. The number of hydrogen-bond donors (Lipinski definition) is 0. The summed E-state index contributed by atoms with van der Waals surface area (Å²) in [7, 11) is 0. The van der Waals surface area contributed by atoms with E-state index in [-0.39, 0.29) is 17.4 Å². The van der Waals surface area contributed by atoms with Crippen LogP contribution in [-0.2, 0) is 4.79 Å². The number of rotatable bonds is 2. The molecule has 1 atom stereocenters. The van der Waals surface area contributed by atoms with E-state index < -0.39 is 0 Å².